The van der Waals surface area contributed by atoms with Gasteiger partial charge in [0, 0.05) is 43.4 Å². The molecule has 3 aliphatic heterocycles. The van der Waals surface area contributed by atoms with Crippen LogP contribution in [-0.4, -0.2) is 46.7 Å². The van der Waals surface area contributed by atoms with Gasteiger partial charge in [-0.15, -0.1) is 0 Å². The largest absolute Gasteiger partial charge is 0.348 e. The van der Waals surface area contributed by atoms with Gasteiger partial charge in [-0.1, -0.05) is 33.8 Å². The van der Waals surface area contributed by atoms with Crippen LogP contribution in [0.2, 0.25) is 0 Å². The molecule has 0 aromatic carbocycles. The van der Waals surface area contributed by atoms with Gasteiger partial charge in [-0.05, 0) is 42.7 Å². The number of aliphatic imine (C=N–C) groups is 1. The van der Waals surface area contributed by atoms with Crippen molar-refractivity contribution in [1.82, 2.24) is 15.2 Å². The third-order valence-electron chi connectivity index (χ3n) is 6.78. The van der Waals surface area contributed by atoms with Gasteiger partial charge >= 0.3 is 0 Å². The Labute approximate surface area is 169 Å². The van der Waals surface area contributed by atoms with E-state index in [9.17, 15) is 4.79 Å². The van der Waals surface area contributed by atoms with Crippen LogP contribution in [0.5, 0.6) is 0 Å². The number of amides is 1. The molecule has 28 heavy (non-hydrogen) atoms. The number of nitrogens with one attached hydrogen (secondary N) is 1. The van der Waals surface area contributed by atoms with Crippen LogP contribution in [0, 0.1) is 29.6 Å². The van der Waals surface area contributed by atoms with Gasteiger partial charge in [0.1, 0.15) is 5.54 Å². The Morgan fingerprint density at radius 3 is 2.79 bits per heavy atom. The summed E-state index contributed by atoms with van der Waals surface area (Å²) < 4.78 is 0. The smallest absolute Gasteiger partial charge is 0.248 e. The van der Waals surface area contributed by atoms with Gasteiger partial charge in [0.25, 0.3) is 0 Å². The number of pyridine rings is 1. The summed E-state index contributed by atoms with van der Waals surface area (Å²) in [6.45, 7) is 11.8. The van der Waals surface area contributed by atoms with E-state index in [4.69, 9.17) is 4.99 Å². The van der Waals surface area contributed by atoms with E-state index in [-0.39, 0.29) is 5.91 Å². The van der Waals surface area contributed by atoms with Gasteiger partial charge in [-0.25, -0.2) is 0 Å². The maximum atomic E-state index is 13.5. The molecule has 5 rings (SSSR count). The zero-order chi connectivity index (χ0) is 19.9. The summed E-state index contributed by atoms with van der Waals surface area (Å²) in [6, 6.07) is 6.28. The quantitative estimate of drug-likeness (QED) is 0.788. The summed E-state index contributed by atoms with van der Waals surface area (Å²) in [4.78, 5) is 25.5. The average Bonchev–Trinajstić information content (AvgIpc) is 2.95. The predicted octanol–water partition coefficient (Wildman–Crippen LogP) is 3.16. The monoisotopic (exact) mass is 382 g/mol. The molecule has 1 aliphatic carbocycles. The molecule has 152 valence electrons. The van der Waals surface area contributed by atoms with E-state index < -0.39 is 5.54 Å². The van der Waals surface area contributed by atoms with Crippen molar-refractivity contribution in [1.29, 1.82) is 0 Å². The fraction of sp³-hybridized carbons (Fsp3) is 0.696. The molecule has 4 aliphatic rings. The Morgan fingerprint density at radius 2 is 2.11 bits per heavy atom. The third-order valence-corrected chi connectivity index (χ3v) is 6.78. The molecule has 5 nitrogen and oxygen atoms in total. The van der Waals surface area contributed by atoms with Crippen LogP contribution < -0.4 is 5.32 Å². The van der Waals surface area contributed by atoms with E-state index in [2.05, 4.69) is 49.1 Å². The highest BCUT2D eigenvalue weighted by Crippen LogP contribution is 2.54. The lowest BCUT2D eigenvalue weighted by Crippen LogP contribution is -2.63. The highest BCUT2D eigenvalue weighted by Gasteiger charge is 2.63. The Balaban J connectivity index is 1.60. The first kappa shape index (κ1) is 19.6. The van der Waals surface area contributed by atoms with Crippen molar-refractivity contribution < 1.29 is 4.79 Å². The Hall–Kier alpha value is -1.75. The van der Waals surface area contributed by atoms with Gasteiger partial charge in [0.2, 0.25) is 5.91 Å². The maximum absolute atomic E-state index is 13.5. The topological polar surface area (TPSA) is 57.6 Å². The molecule has 1 saturated carbocycles. The van der Waals surface area contributed by atoms with Crippen LogP contribution in [0.1, 0.15) is 46.2 Å². The molecule has 5 unspecified atom stereocenters. The minimum Gasteiger partial charge on any atom is -0.348 e. The Bertz CT molecular complexity index is 731. The van der Waals surface area contributed by atoms with Crippen LogP contribution in [0.25, 0.3) is 0 Å². The van der Waals surface area contributed by atoms with Gasteiger partial charge in [0.05, 0.1) is 12.2 Å². The fourth-order valence-electron chi connectivity index (χ4n) is 5.86. The number of hydrogen-bond donors (Lipinski definition) is 1. The summed E-state index contributed by atoms with van der Waals surface area (Å²) in [7, 11) is 0. The van der Waals surface area contributed by atoms with Crippen LogP contribution >= 0.6 is 0 Å². The molecule has 1 N–H and O–H groups in total. The van der Waals surface area contributed by atoms with Crippen molar-refractivity contribution in [2.75, 3.05) is 13.1 Å². The zero-order valence-corrected chi connectivity index (χ0v) is 17.6. The predicted molar refractivity (Wildman–Crippen MR) is 112 cm³/mol. The second-order valence-corrected chi connectivity index (χ2v) is 9.82. The lowest BCUT2D eigenvalue weighted by atomic mass is 9.59. The van der Waals surface area contributed by atoms with Gasteiger partial charge < -0.3 is 5.32 Å². The number of likely N-dealkylation sites (tertiary alicyclic amines) is 1. The summed E-state index contributed by atoms with van der Waals surface area (Å²) >= 11 is 0. The number of nitrogens with zero attached hydrogens (tertiary/aromatic N) is 3. The van der Waals surface area contributed by atoms with Crippen LogP contribution in [0.4, 0.5) is 0 Å². The number of carbonyl (C=O) groups is 1. The first-order valence-electron chi connectivity index (χ1n) is 10.9. The maximum Gasteiger partial charge on any atom is 0.248 e. The molecule has 5 atom stereocenters. The fourth-order valence-corrected chi connectivity index (χ4v) is 5.86. The van der Waals surface area contributed by atoms with Gasteiger partial charge in [0.15, 0.2) is 0 Å². The van der Waals surface area contributed by atoms with Gasteiger partial charge in [-0.3, -0.25) is 19.7 Å². The Morgan fingerprint density at radius 1 is 1.29 bits per heavy atom. The summed E-state index contributed by atoms with van der Waals surface area (Å²) in [6.07, 6.45) is 5.85. The molecule has 0 radical (unpaired) electrons. The molecule has 2 fully saturated rings. The molecule has 1 amide bonds. The van der Waals surface area contributed by atoms with Gasteiger partial charge in [-0.2, -0.15) is 0 Å². The van der Waals surface area contributed by atoms with E-state index in [0.717, 1.165) is 31.6 Å². The second-order valence-electron chi connectivity index (χ2n) is 9.82. The third kappa shape index (κ3) is 3.38. The van der Waals surface area contributed by atoms with E-state index in [0.29, 0.717) is 42.2 Å². The van der Waals surface area contributed by atoms with Crippen molar-refractivity contribution in [3.8, 4) is 0 Å². The van der Waals surface area contributed by atoms with E-state index in [1.165, 1.54) is 0 Å². The average molecular weight is 383 g/mol. The number of carbonyl (C=O) groups excluding carboxylic acids is 1. The zero-order valence-electron chi connectivity index (χ0n) is 17.6. The minimum absolute atomic E-state index is 0.0969. The molecular weight excluding hydrogens is 348 g/mol. The molecule has 1 aromatic heterocycles. The van der Waals surface area contributed by atoms with Crippen molar-refractivity contribution in [3.05, 3.63) is 30.1 Å². The van der Waals surface area contributed by atoms with E-state index in [1.54, 1.807) is 6.20 Å². The summed E-state index contributed by atoms with van der Waals surface area (Å²) in [5.74, 6) is 2.67. The lowest BCUT2D eigenvalue weighted by Gasteiger charge is -2.51. The van der Waals surface area contributed by atoms with Crippen LogP contribution in [-0.2, 0) is 11.3 Å². The Kier molecular flexibility index (Phi) is 5.30. The molecule has 1 saturated heterocycles. The highest BCUT2D eigenvalue weighted by molar-refractivity contribution is 5.91. The first-order chi connectivity index (χ1) is 13.4. The molecule has 4 bridgehead atoms. The van der Waals surface area contributed by atoms with Crippen molar-refractivity contribution in [2.45, 2.75) is 58.7 Å². The lowest BCUT2D eigenvalue weighted by molar-refractivity contribution is -0.132. The van der Waals surface area contributed by atoms with Crippen molar-refractivity contribution in [3.63, 3.8) is 0 Å². The highest BCUT2D eigenvalue weighted by atomic mass is 16.2. The van der Waals surface area contributed by atoms with E-state index in [1.807, 2.05) is 18.2 Å². The number of rotatable bonds is 7. The summed E-state index contributed by atoms with van der Waals surface area (Å²) in [5.41, 5.74) is 0.292. The molecule has 4 heterocycles. The van der Waals surface area contributed by atoms with E-state index >= 15 is 0 Å². The minimum atomic E-state index is -0.602. The van der Waals surface area contributed by atoms with Crippen molar-refractivity contribution >= 4 is 12.1 Å². The molecule has 1 aromatic rings. The number of aromatic nitrogens is 1. The number of hydrogen-bond acceptors (Lipinski definition) is 4. The molecule has 5 heteroatoms. The normalized spacial score (nSPS) is 33.8. The summed E-state index contributed by atoms with van der Waals surface area (Å²) in [5, 5.41) is 3.18. The van der Waals surface area contributed by atoms with Crippen molar-refractivity contribution in [2.24, 2.45) is 34.6 Å². The SMILES string of the molecule is CC(C)CC1C2C3C=NC1(C(=O)NCc1ccccn1)CC3CN2CC(C)C. The first-order valence-corrected chi connectivity index (χ1v) is 10.9. The second kappa shape index (κ2) is 7.58. The van der Waals surface area contributed by atoms with Crippen LogP contribution in [0.15, 0.2) is 29.4 Å². The van der Waals surface area contributed by atoms with Crippen LogP contribution in [0.3, 0.4) is 0 Å². The standard InChI is InChI=1S/C23H34N4O/c1-15(2)9-20-21-19-12-26-23(20,10-17(19)14-27(21)13-16(3)4)22(28)25-11-18-7-5-6-8-24-18/h5-8,12,15-17,19-21H,9-11,13-14H2,1-4H3,(H,25,28). The molecular formula is C23H34N4O. The molecule has 0 spiro atoms.